The molecule has 0 aliphatic heterocycles. The van der Waals surface area contributed by atoms with E-state index < -0.39 is 5.95 Å². The molecule has 0 radical (unpaired) electrons. The second-order valence-corrected chi connectivity index (χ2v) is 8.16. The molecule has 17 heteroatoms. The first-order valence-electron chi connectivity index (χ1n) is 13.9. The van der Waals surface area contributed by atoms with Gasteiger partial charge in [-0.05, 0) is 42.3 Å². The number of hydrogen-bond acceptors (Lipinski definition) is 12. The molecule has 0 N–H and O–H groups in total. The van der Waals surface area contributed by atoms with Gasteiger partial charge in [0.05, 0.1) is 85.0 Å². The minimum Gasteiger partial charge on any atom is -0.489 e. The topological polar surface area (TPSA) is 197 Å². The van der Waals surface area contributed by atoms with E-state index in [4.69, 9.17) is 49.0 Å². The number of aromatic nitrogens is 2. The number of aryl methyl sites for hydroxylation is 1. The molecule has 0 bridgehead atoms. The summed E-state index contributed by atoms with van der Waals surface area (Å²) in [5, 5.41) is 6.68. The smallest absolute Gasteiger partial charge is 0.255 e. The van der Waals surface area contributed by atoms with Crippen LogP contribution >= 0.6 is 0 Å². The lowest BCUT2D eigenvalue weighted by atomic mass is 10.3. The van der Waals surface area contributed by atoms with E-state index in [9.17, 15) is 4.39 Å². The molecule has 2 aromatic rings. The van der Waals surface area contributed by atoms with Gasteiger partial charge in [0.25, 0.3) is 5.95 Å². The molecule has 44 heavy (non-hydrogen) atoms. The molecule has 2 rings (SSSR count). The second kappa shape index (κ2) is 29.3. The lowest BCUT2D eigenvalue weighted by Crippen LogP contribution is -2.13. The van der Waals surface area contributed by atoms with E-state index in [1.165, 1.54) is 12.3 Å². The Labute approximate surface area is 255 Å². The maximum Gasteiger partial charge on any atom is 0.255 e. The van der Waals surface area contributed by atoms with Crippen LogP contribution in [0.3, 0.4) is 0 Å². The van der Waals surface area contributed by atoms with Crippen LogP contribution in [0.2, 0.25) is 0 Å². The Morgan fingerprint density at radius 3 is 1.41 bits per heavy atom. The molecular weight excluding hydrogens is 582 g/mol. The predicted molar refractivity (Wildman–Crippen MR) is 157 cm³/mol. The standard InChI is InChI=1S/C14H22N4O4.C13H19FN4O4/c1-13-14(3-2-4-16-13)22-12-11-21-10-9-20-8-7-19-6-5-17-18-15;14-13-12(2-1-3-16-13)22-11-10-21-9-8-20-7-6-19-5-4-17-18-15/h2-4H,5-12H2,1H3;1-3H,4-11H2/i;14-1. The second-order valence-electron chi connectivity index (χ2n) is 8.16. The minimum absolute atomic E-state index is 0.111. The summed E-state index contributed by atoms with van der Waals surface area (Å²) in [6, 6.07) is 6.83. The van der Waals surface area contributed by atoms with Crippen molar-refractivity contribution in [1.29, 1.82) is 0 Å². The zero-order chi connectivity index (χ0) is 31.8. The van der Waals surface area contributed by atoms with Crippen molar-refractivity contribution in [3.63, 3.8) is 0 Å². The van der Waals surface area contributed by atoms with E-state index in [-0.39, 0.29) is 12.4 Å². The summed E-state index contributed by atoms with van der Waals surface area (Å²) in [6.45, 7) is 8.61. The Balaban J connectivity index is 0.000000440. The molecule has 0 unspecified atom stereocenters. The molecule has 0 saturated heterocycles. The van der Waals surface area contributed by atoms with Crippen LogP contribution in [-0.4, -0.2) is 116 Å². The average Bonchev–Trinajstić information content (AvgIpc) is 3.03. The van der Waals surface area contributed by atoms with Crippen LogP contribution in [0, 0.1) is 12.9 Å². The Morgan fingerprint density at radius 1 is 0.591 bits per heavy atom. The van der Waals surface area contributed by atoms with Gasteiger partial charge in [-0.1, -0.05) is 10.2 Å². The summed E-state index contributed by atoms with van der Waals surface area (Å²) in [7, 11) is 0. The van der Waals surface area contributed by atoms with Crippen LogP contribution in [0.5, 0.6) is 11.5 Å². The quantitative estimate of drug-likeness (QED) is 0.0484. The SMILES string of the molecule is Cc1ncccc1OCCOCCOCCOCCN=[N+]=[N-].[N-]=[N+]=NCCOCCOCCOCCOc1cccnc1[18F]. The molecule has 2 aromatic heterocycles. The third kappa shape index (κ3) is 22.8. The van der Waals surface area contributed by atoms with Gasteiger partial charge in [0.15, 0.2) is 5.75 Å². The van der Waals surface area contributed by atoms with Gasteiger partial charge in [0, 0.05) is 35.3 Å². The van der Waals surface area contributed by atoms with Crippen molar-refractivity contribution in [1.82, 2.24) is 9.97 Å². The van der Waals surface area contributed by atoms with Crippen LogP contribution in [0.1, 0.15) is 5.69 Å². The first kappa shape index (κ1) is 38.2. The van der Waals surface area contributed by atoms with Crippen molar-refractivity contribution in [2.45, 2.75) is 6.92 Å². The summed E-state index contributed by atoms with van der Waals surface area (Å²) in [4.78, 5) is 12.8. The molecule has 0 spiro atoms. The zero-order valence-corrected chi connectivity index (χ0v) is 25.0. The van der Waals surface area contributed by atoms with Gasteiger partial charge in [-0.2, -0.15) is 4.39 Å². The fraction of sp³-hybridized carbons (Fsp3) is 0.630. The number of pyridine rings is 2. The maximum absolute atomic E-state index is 13.1. The number of azide groups is 2. The third-order valence-corrected chi connectivity index (χ3v) is 4.94. The van der Waals surface area contributed by atoms with Crippen molar-refractivity contribution < 1.29 is 42.3 Å². The third-order valence-electron chi connectivity index (χ3n) is 4.94. The molecule has 0 aliphatic carbocycles. The molecule has 0 fully saturated rings. The molecule has 2 heterocycles. The summed E-state index contributed by atoms with van der Waals surface area (Å²) < 4.78 is 55.4. The van der Waals surface area contributed by atoms with E-state index in [1.54, 1.807) is 12.3 Å². The highest BCUT2D eigenvalue weighted by atomic mass is 18.2. The summed E-state index contributed by atoms with van der Waals surface area (Å²) >= 11 is 0. The number of halogens is 1. The van der Waals surface area contributed by atoms with Crippen LogP contribution in [-0.2, 0) is 28.4 Å². The monoisotopic (exact) mass is 623 g/mol. The van der Waals surface area contributed by atoms with E-state index in [1.807, 2.05) is 19.1 Å². The predicted octanol–water partition coefficient (Wildman–Crippen LogP) is 4.09. The highest BCUT2D eigenvalue weighted by molar-refractivity contribution is 5.25. The van der Waals surface area contributed by atoms with Crippen LogP contribution in [0.4, 0.5) is 4.39 Å². The van der Waals surface area contributed by atoms with Gasteiger partial charge in [-0.3, -0.25) is 4.98 Å². The van der Waals surface area contributed by atoms with Crippen molar-refractivity contribution in [3.05, 3.63) is 69.2 Å². The van der Waals surface area contributed by atoms with Crippen molar-refractivity contribution in [2.75, 3.05) is 106 Å². The van der Waals surface area contributed by atoms with Crippen molar-refractivity contribution in [2.24, 2.45) is 10.2 Å². The summed E-state index contributed by atoms with van der Waals surface area (Å²) in [6.07, 6.45) is 3.09. The van der Waals surface area contributed by atoms with Gasteiger partial charge in [0.2, 0.25) is 0 Å². The van der Waals surface area contributed by atoms with Gasteiger partial charge in [-0.15, -0.1) is 0 Å². The average molecular weight is 624 g/mol. The van der Waals surface area contributed by atoms with Gasteiger partial charge in [-0.25, -0.2) is 4.98 Å². The lowest BCUT2D eigenvalue weighted by molar-refractivity contribution is 0.0103. The Bertz CT molecular complexity index is 994. The normalized spacial score (nSPS) is 10.2. The Kier molecular flexibility index (Phi) is 25.5. The van der Waals surface area contributed by atoms with Crippen LogP contribution in [0.25, 0.3) is 20.9 Å². The van der Waals surface area contributed by atoms with Gasteiger partial charge >= 0.3 is 0 Å². The fourth-order valence-electron chi connectivity index (χ4n) is 2.91. The first-order chi connectivity index (χ1) is 21.7. The number of nitrogens with zero attached hydrogens (tertiary/aromatic N) is 8. The molecule has 0 atom stereocenters. The number of ether oxygens (including phenoxy) is 8. The number of hydrogen-bond donors (Lipinski definition) is 0. The largest absolute Gasteiger partial charge is 0.489 e. The van der Waals surface area contributed by atoms with Gasteiger partial charge < -0.3 is 37.9 Å². The van der Waals surface area contributed by atoms with E-state index in [2.05, 4.69) is 30.0 Å². The lowest BCUT2D eigenvalue weighted by Gasteiger charge is -2.09. The highest BCUT2D eigenvalue weighted by Crippen LogP contribution is 2.13. The summed E-state index contributed by atoms with van der Waals surface area (Å²) in [5.41, 5.74) is 17.0. The zero-order valence-electron chi connectivity index (χ0n) is 25.0. The number of rotatable bonds is 26. The fourth-order valence-corrected chi connectivity index (χ4v) is 2.91. The van der Waals surface area contributed by atoms with E-state index in [0.29, 0.717) is 99.0 Å². The molecule has 0 aliphatic rings. The van der Waals surface area contributed by atoms with Gasteiger partial charge in [0.1, 0.15) is 19.0 Å². The van der Waals surface area contributed by atoms with Crippen LogP contribution < -0.4 is 9.47 Å². The van der Waals surface area contributed by atoms with Crippen molar-refractivity contribution >= 4 is 0 Å². The van der Waals surface area contributed by atoms with E-state index >= 15 is 0 Å². The maximum atomic E-state index is 13.1. The molecule has 0 aromatic carbocycles. The summed E-state index contributed by atoms with van der Waals surface area (Å²) in [5.74, 6) is 0.256. The van der Waals surface area contributed by atoms with Crippen molar-refractivity contribution in [3.8, 4) is 11.5 Å². The first-order valence-corrected chi connectivity index (χ1v) is 13.9. The van der Waals surface area contributed by atoms with E-state index in [0.717, 1.165) is 11.4 Å². The minimum atomic E-state index is -0.633. The van der Waals surface area contributed by atoms with Crippen LogP contribution in [0.15, 0.2) is 46.9 Å². The Morgan fingerprint density at radius 2 is 0.977 bits per heavy atom. The molecule has 244 valence electrons. The molecule has 0 saturated carbocycles. The molecule has 16 nitrogen and oxygen atoms in total. The Hall–Kier alpha value is -3.79. The highest BCUT2D eigenvalue weighted by Gasteiger charge is 2.02. The molecular formula is C27H41FN8O8. The molecule has 0 amide bonds.